The summed E-state index contributed by atoms with van der Waals surface area (Å²) < 4.78 is 45.2. The Morgan fingerprint density at radius 3 is 2.52 bits per heavy atom. The molecule has 0 N–H and O–H groups in total. The molecule has 0 aliphatic carbocycles. The van der Waals surface area contributed by atoms with Crippen LogP contribution < -0.4 is 0 Å². The van der Waals surface area contributed by atoms with Crippen LogP contribution in [0.2, 0.25) is 5.02 Å². The molecule has 1 aliphatic heterocycles. The van der Waals surface area contributed by atoms with Gasteiger partial charge in [-0.25, -0.2) is 4.98 Å². The van der Waals surface area contributed by atoms with Gasteiger partial charge in [-0.3, -0.25) is 19.0 Å². The Balaban J connectivity index is 2.08. The summed E-state index contributed by atoms with van der Waals surface area (Å²) in [6, 6.07) is 4.92. The molecule has 2 aromatic rings. The van der Waals surface area contributed by atoms with E-state index in [0.29, 0.717) is 20.8 Å². The second-order valence-electron chi connectivity index (χ2n) is 6.05. The maximum atomic E-state index is 12.0. The lowest BCUT2D eigenvalue weighted by Gasteiger charge is -2.41. The largest absolute Gasteiger partial charge is 0.456 e. The molecule has 0 radical (unpaired) electrons. The van der Waals surface area contributed by atoms with Crippen molar-refractivity contribution in [1.82, 2.24) is 9.55 Å². The van der Waals surface area contributed by atoms with Crippen molar-refractivity contribution >= 4 is 56.5 Å². The molecule has 0 spiro atoms. The molecule has 1 fully saturated rings. The zero-order valence-electron chi connectivity index (χ0n) is 17.9. The Morgan fingerprint density at radius 1 is 1.17 bits per heavy atom. The minimum absolute atomic E-state index is 0.270. The van der Waals surface area contributed by atoms with Crippen LogP contribution in [0.3, 0.4) is 0 Å². The van der Waals surface area contributed by atoms with Crippen molar-refractivity contribution in [3.05, 3.63) is 28.0 Å². The topological polar surface area (TPSA) is 106 Å². The summed E-state index contributed by atoms with van der Waals surface area (Å²) in [6.45, 7) is -2.41. The number of halogens is 2. The third-order valence-corrected chi connectivity index (χ3v) is 4.88. The predicted octanol–water partition coefficient (Wildman–Crippen LogP) is 2.78. The average Bonchev–Trinajstić information content (AvgIpc) is 3.10. The van der Waals surface area contributed by atoms with Crippen molar-refractivity contribution in [1.29, 1.82) is 0 Å². The van der Waals surface area contributed by atoms with Crippen molar-refractivity contribution in [3.8, 4) is 0 Å². The van der Waals surface area contributed by atoms with E-state index in [0.717, 1.165) is 0 Å². The molecule has 2 heterocycles. The second kappa shape index (κ2) is 8.68. The molecule has 1 aromatic carbocycles. The summed E-state index contributed by atoms with van der Waals surface area (Å²) in [4.78, 5) is 40.1. The fourth-order valence-corrected chi connectivity index (χ4v) is 3.85. The summed E-state index contributed by atoms with van der Waals surface area (Å²) >= 11 is 9.46. The first-order valence-electron chi connectivity index (χ1n) is 10.3. The van der Waals surface area contributed by atoms with Gasteiger partial charge in [0.05, 0.1) is 17.6 Å². The molecular formula is C18H18BrClN2O7. The van der Waals surface area contributed by atoms with Gasteiger partial charge in [0.1, 0.15) is 0 Å². The van der Waals surface area contributed by atoms with Gasteiger partial charge in [0.2, 0.25) is 0 Å². The number of hydrogen-bond donors (Lipinski definition) is 0. The van der Waals surface area contributed by atoms with E-state index in [1.165, 1.54) is 4.57 Å². The van der Waals surface area contributed by atoms with Gasteiger partial charge >= 0.3 is 17.9 Å². The number of nitrogens with zero attached hydrogens (tertiary/aromatic N) is 2. The highest BCUT2D eigenvalue weighted by Gasteiger charge is 2.48. The first-order chi connectivity index (χ1) is 15.3. The Labute approximate surface area is 183 Å². The van der Waals surface area contributed by atoms with Crippen LogP contribution in [-0.2, 0) is 33.3 Å². The van der Waals surface area contributed by atoms with Gasteiger partial charge in [-0.1, -0.05) is 11.6 Å². The SMILES string of the molecule is [2H]CC(=O)O[C@@H]1[C@H](OC(=O)C[2H])COC(n2c(Br)nc3ccc(Cl)cc32)[C@@H]1OC(=O)C[2H]. The quantitative estimate of drug-likeness (QED) is 0.474. The molecule has 9 nitrogen and oxygen atoms in total. The molecule has 1 aromatic heterocycles. The van der Waals surface area contributed by atoms with Gasteiger partial charge in [0, 0.05) is 29.8 Å². The van der Waals surface area contributed by atoms with Crippen LogP contribution in [-0.4, -0.2) is 52.4 Å². The van der Waals surface area contributed by atoms with Crippen molar-refractivity contribution in [2.75, 3.05) is 6.61 Å². The number of imidazole rings is 1. The van der Waals surface area contributed by atoms with Crippen LogP contribution in [0.25, 0.3) is 11.0 Å². The van der Waals surface area contributed by atoms with E-state index in [9.17, 15) is 14.4 Å². The molecule has 1 unspecified atom stereocenters. The molecule has 1 saturated heterocycles. The lowest BCUT2D eigenvalue weighted by atomic mass is 10.0. The summed E-state index contributed by atoms with van der Waals surface area (Å²) in [5.41, 5.74) is 1.05. The molecule has 29 heavy (non-hydrogen) atoms. The Hall–Kier alpha value is -2.17. The summed E-state index contributed by atoms with van der Waals surface area (Å²) in [7, 11) is 0. The number of fused-ring (bicyclic) bond motifs is 1. The van der Waals surface area contributed by atoms with Crippen LogP contribution in [0.1, 0.15) is 31.0 Å². The monoisotopic (exact) mass is 491 g/mol. The Bertz CT molecular complexity index is 1020. The zero-order chi connectivity index (χ0) is 23.4. The maximum Gasteiger partial charge on any atom is 0.303 e. The fourth-order valence-electron chi connectivity index (χ4n) is 3.10. The molecule has 0 amide bonds. The number of carbonyl (C=O) groups is 3. The smallest absolute Gasteiger partial charge is 0.303 e. The van der Waals surface area contributed by atoms with Crippen molar-refractivity contribution in [2.24, 2.45) is 0 Å². The second-order valence-corrected chi connectivity index (χ2v) is 7.19. The summed E-state index contributed by atoms with van der Waals surface area (Å²) in [5.74, 6) is -2.80. The van der Waals surface area contributed by atoms with Gasteiger partial charge < -0.3 is 18.9 Å². The van der Waals surface area contributed by atoms with Gasteiger partial charge in [-0.2, -0.15) is 0 Å². The van der Waals surface area contributed by atoms with Crippen molar-refractivity contribution in [3.63, 3.8) is 0 Å². The third kappa shape index (κ3) is 4.71. The minimum Gasteiger partial charge on any atom is -0.456 e. The van der Waals surface area contributed by atoms with E-state index >= 15 is 0 Å². The molecule has 1 aliphatic rings. The molecular weight excluding hydrogens is 472 g/mol. The highest BCUT2D eigenvalue weighted by molar-refractivity contribution is 9.10. The first-order valence-corrected chi connectivity index (χ1v) is 9.36. The number of hydrogen-bond acceptors (Lipinski definition) is 8. The van der Waals surface area contributed by atoms with Crippen LogP contribution >= 0.6 is 27.5 Å². The Kier molecular flexibility index (Phi) is 5.29. The Morgan fingerprint density at radius 2 is 1.83 bits per heavy atom. The first kappa shape index (κ1) is 17.7. The van der Waals surface area contributed by atoms with E-state index in [2.05, 4.69) is 20.9 Å². The van der Waals surface area contributed by atoms with E-state index in [4.69, 9.17) is 34.7 Å². The number of esters is 3. The van der Waals surface area contributed by atoms with Crippen LogP contribution in [0.15, 0.2) is 22.9 Å². The van der Waals surface area contributed by atoms with E-state index < -0.39 is 63.1 Å². The molecule has 4 atom stereocenters. The van der Waals surface area contributed by atoms with E-state index in [1.807, 2.05) is 0 Å². The van der Waals surface area contributed by atoms with E-state index in [-0.39, 0.29) is 6.61 Å². The van der Waals surface area contributed by atoms with Gasteiger partial charge in [-0.05, 0) is 34.1 Å². The molecule has 0 saturated carbocycles. The van der Waals surface area contributed by atoms with Crippen LogP contribution in [0.5, 0.6) is 0 Å². The normalized spacial score (nSPS) is 25.5. The minimum atomic E-state index is -1.37. The molecule has 3 rings (SSSR count). The number of carbonyl (C=O) groups excluding carboxylic acids is 3. The molecule has 11 heteroatoms. The van der Waals surface area contributed by atoms with Crippen molar-refractivity contribution < 1.29 is 37.4 Å². The average molecular weight is 493 g/mol. The third-order valence-electron chi connectivity index (χ3n) is 4.08. The highest BCUT2D eigenvalue weighted by atomic mass is 79.9. The lowest BCUT2D eigenvalue weighted by molar-refractivity contribution is -0.239. The lowest BCUT2D eigenvalue weighted by Crippen LogP contribution is -2.55. The van der Waals surface area contributed by atoms with Crippen LogP contribution in [0.4, 0.5) is 0 Å². The summed E-state index contributed by atoms with van der Waals surface area (Å²) in [5, 5.41) is 0.404. The van der Waals surface area contributed by atoms with Gasteiger partial charge in [-0.15, -0.1) is 0 Å². The predicted molar refractivity (Wildman–Crippen MR) is 104 cm³/mol. The maximum absolute atomic E-state index is 12.0. The number of aromatic nitrogens is 2. The number of ether oxygens (including phenoxy) is 4. The highest BCUT2D eigenvalue weighted by Crippen LogP contribution is 2.36. The standard InChI is InChI=1S/C18H18BrClN2O7/c1-8(23)27-14-7-26-17(16(29-10(3)25)15(14)28-9(2)24)22-13-6-11(20)4-5-12(13)21-18(22)19/h4-6,14-17H,7H2,1-3H3/t14-,15-,16-,17?/m1/s1/i1D,2D,3D. The number of benzene rings is 1. The van der Waals surface area contributed by atoms with E-state index in [1.54, 1.807) is 18.2 Å². The van der Waals surface area contributed by atoms with Gasteiger partial charge in [0.25, 0.3) is 0 Å². The molecule has 156 valence electrons. The zero-order valence-corrected chi connectivity index (χ0v) is 17.2. The number of rotatable bonds is 4. The van der Waals surface area contributed by atoms with Crippen LogP contribution in [0, 0.1) is 0 Å². The summed E-state index contributed by atoms with van der Waals surface area (Å²) in [6.07, 6.45) is -5.05. The van der Waals surface area contributed by atoms with Crippen molar-refractivity contribution in [2.45, 2.75) is 45.2 Å². The van der Waals surface area contributed by atoms with Gasteiger partial charge in [0.15, 0.2) is 29.3 Å². The fraction of sp³-hybridized carbons (Fsp3) is 0.444. The molecule has 0 bridgehead atoms.